The van der Waals surface area contributed by atoms with Crippen molar-refractivity contribution < 1.29 is 4.79 Å². The predicted octanol–water partition coefficient (Wildman–Crippen LogP) is 2.52. The lowest BCUT2D eigenvalue weighted by Gasteiger charge is -2.30. The van der Waals surface area contributed by atoms with E-state index in [9.17, 15) is 4.79 Å². The lowest BCUT2D eigenvalue weighted by atomic mass is 9.92. The topological polar surface area (TPSA) is 20.3 Å². The van der Waals surface area contributed by atoms with E-state index in [0.717, 1.165) is 5.56 Å². The average molecular weight is 205 g/mol. The first-order valence-electron chi connectivity index (χ1n) is 5.14. The van der Waals surface area contributed by atoms with Crippen LogP contribution in [0.25, 0.3) is 0 Å². The smallest absolute Gasteiger partial charge is 0.182 e. The molecule has 15 heavy (non-hydrogen) atoms. The Morgan fingerprint density at radius 1 is 1.13 bits per heavy atom. The van der Waals surface area contributed by atoms with Gasteiger partial charge in [-0.15, -0.1) is 0 Å². The van der Waals surface area contributed by atoms with Gasteiger partial charge in [0.25, 0.3) is 0 Å². The maximum Gasteiger partial charge on any atom is 0.182 e. The summed E-state index contributed by atoms with van der Waals surface area (Å²) in [7, 11) is 3.85. The first-order valence-corrected chi connectivity index (χ1v) is 5.14. The molecule has 0 aliphatic carbocycles. The Labute approximate surface area is 91.9 Å². The summed E-state index contributed by atoms with van der Waals surface area (Å²) in [6.45, 7) is 5.90. The minimum atomic E-state index is -0.449. The molecule has 0 fully saturated rings. The first-order chi connectivity index (χ1) is 6.85. The van der Waals surface area contributed by atoms with Crippen molar-refractivity contribution in [3.63, 3.8) is 0 Å². The lowest BCUT2D eigenvalue weighted by molar-refractivity contribution is 0.0755. The Kier molecular flexibility index (Phi) is 3.30. The quantitative estimate of drug-likeness (QED) is 0.707. The van der Waals surface area contributed by atoms with Crippen LogP contribution in [0.3, 0.4) is 0 Å². The van der Waals surface area contributed by atoms with Gasteiger partial charge in [0.2, 0.25) is 0 Å². The second-order valence-corrected chi connectivity index (χ2v) is 4.65. The maximum atomic E-state index is 12.2. The van der Waals surface area contributed by atoms with Crippen LogP contribution >= 0.6 is 0 Å². The van der Waals surface area contributed by atoms with E-state index in [4.69, 9.17) is 0 Å². The van der Waals surface area contributed by atoms with Gasteiger partial charge < -0.3 is 0 Å². The van der Waals surface area contributed by atoms with Gasteiger partial charge in [0.15, 0.2) is 5.78 Å². The lowest BCUT2D eigenvalue weighted by Crippen LogP contribution is -2.45. The number of aryl methyl sites for hydroxylation is 1. The molecule has 0 saturated heterocycles. The van der Waals surface area contributed by atoms with Gasteiger partial charge in [0, 0.05) is 5.56 Å². The van der Waals surface area contributed by atoms with Gasteiger partial charge >= 0.3 is 0 Å². The summed E-state index contributed by atoms with van der Waals surface area (Å²) in [4.78, 5) is 14.1. The Bertz CT molecular complexity index is 349. The molecular weight excluding hydrogens is 186 g/mol. The SMILES string of the molecule is Cc1ccc(C(=O)C(C)(C)N(C)C)cc1. The van der Waals surface area contributed by atoms with E-state index < -0.39 is 5.54 Å². The predicted molar refractivity (Wildman–Crippen MR) is 63.3 cm³/mol. The van der Waals surface area contributed by atoms with Gasteiger partial charge in [-0.1, -0.05) is 29.8 Å². The zero-order valence-corrected chi connectivity index (χ0v) is 10.2. The van der Waals surface area contributed by atoms with Crippen molar-refractivity contribution in [3.8, 4) is 0 Å². The van der Waals surface area contributed by atoms with Crippen LogP contribution in [0.15, 0.2) is 24.3 Å². The molecule has 0 bridgehead atoms. The number of rotatable bonds is 3. The van der Waals surface area contributed by atoms with E-state index in [1.165, 1.54) is 5.56 Å². The number of benzene rings is 1. The highest BCUT2D eigenvalue weighted by molar-refractivity contribution is 6.02. The largest absolute Gasteiger partial charge is 0.297 e. The van der Waals surface area contributed by atoms with Crippen LogP contribution < -0.4 is 0 Å². The third-order valence-electron chi connectivity index (χ3n) is 2.99. The second-order valence-electron chi connectivity index (χ2n) is 4.65. The molecule has 0 amide bonds. The minimum Gasteiger partial charge on any atom is -0.297 e. The van der Waals surface area contributed by atoms with Crippen LogP contribution in [0.2, 0.25) is 0 Å². The fourth-order valence-corrected chi connectivity index (χ4v) is 1.26. The molecule has 2 heteroatoms. The van der Waals surface area contributed by atoms with Gasteiger partial charge in [-0.25, -0.2) is 0 Å². The summed E-state index contributed by atoms with van der Waals surface area (Å²) in [6.07, 6.45) is 0. The van der Waals surface area contributed by atoms with E-state index in [-0.39, 0.29) is 5.78 Å². The highest BCUT2D eigenvalue weighted by Crippen LogP contribution is 2.18. The highest BCUT2D eigenvalue weighted by Gasteiger charge is 2.30. The first kappa shape index (κ1) is 11.9. The second kappa shape index (κ2) is 4.15. The van der Waals surface area contributed by atoms with E-state index in [0.29, 0.717) is 0 Å². The van der Waals surface area contributed by atoms with E-state index in [1.807, 2.05) is 64.0 Å². The molecule has 0 atom stereocenters. The molecule has 0 saturated carbocycles. The van der Waals surface area contributed by atoms with Crippen molar-refractivity contribution in [2.45, 2.75) is 26.3 Å². The summed E-state index contributed by atoms with van der Waals surface area (Å²) in [5.41, 5.74) is 1.50. The Hall–Kier alpha value is -1.15. The Balaban J connectivity index is 3.00. The Morgan fingerprint density at radius 3 is 2.00 bits per heavy atom. The molecule has 2 nitrogen and oxygen atoms in total. The number of carbonyl (C=O) groups is 1. The maximum absolute atomic E-state index is 12.2. The number of nitrogens with zero attached hydrogens (tertiary/aromatic N) is 1. The molecule has 0 radical (unpaired) electrons. The molecular formula is C13H19NO. The summed E-state index contributed by atoms with van der Waals surface area (Å²) < 4.78 is 0. The fourth-order valence-electron chi connectivity index (χ4n) is 1.26. The average Bonchev–Trinajstić information content (AvgIpc) is 2.17. The molecule has 0 aliphatic heterocycles. The Morgan fingerprint density at radius 2 is 1.60 bits per heavy atom. The molecule has 0 aliphatic rings. The van der Waals surface area contributed by atoms with Crippen LogP contribution in [0.5, 0.6) is 0 Å². The van der Waals surface area contributed by atoms with Crippen molar-refractivity contribution in [1.29, 1.82) is 0 Å². The normalized spacial score (nSPS) is 11.9. The molecule has 0 heterocycles. The van der Waals surface area contributed by atoms with Crippen molar-refractivity contribution in [3.05, 3.63) is 35.4 Å². The van der Waals surface area contributed by atoms with Crippen molar-refractivity contribution in [2.75, 3.05) is 14.1 Å². The van der Waals surface area contributed by atoms with E-state index in [1.54, 1.807) is 0 Å². The van der Waals surface area contributed by atoms with Crippen LogP contribution in [0, 0.1) is 6.92 Å². The highest BCUT2D eigenvalue weighted by atomic mass is 16.1. The minimum absolute atomic E-state index is 0.160. The van der Waals surface area contributed by atoms with Crippen LogP contribution in [0.1, 0.15) is 29.8 Å². The van der Waals surface area contributed by atoms with Crippen molar-refractivity contribution in [1.82, 2.24) is 4.90 Å². The van der Waals surface area contributed by atoms with Crippen LogP contribution in [0.4, 0.5) is 0 Å². The molecule has 1 rings (SSSR count). The summed E-state index contributed by atoms with van der Waals surface area (Å²) >= 11 is 0. The van der Waals surface area contributed by atoms with E-state index in [2.05, 4.69) is 0 Å². The van der Waals surface area contributed by atoms with E-state index >= 15 is 0 Å². The number of likely N-dealkylation sites (N-methyl/N-ethyl adjacent to an activating group) is 1. The fraction of sp³-hybridized carbons (Fsp3) is 0.462. The number of hydrogen-bond donors (Lipinski definition) is 0. The number of carbonyl (C=O) groups excluding carboxylic acids is 1. The standard InChI is InChI=1S/C13H19NO/c1-10-6-8-11(9-7-10)12(15)13(2,3)14(4)5/h6-9H,1-5H3. The molecule has 82 valence electrons. The molecule has 1 aromatic carbocycles. The monoisotopic (exact) mass is 205 g/mol. The summed E-state index contributed by atoms with van der Waals surface area (Å²) in [5, 5.41) is 0. The molecule has 0 spiro atoms. The van der Waals surface area contributed by atoms with Gasteiger partial charge in [-0.3, -0.25) is 9.69 Å². The van der Waals surface area contributed by atoms with Crippen LogP contribution in [-0.4, -0.2) is 30.3 Å². The van der Waals surface area contributed by atoms with Gasteiger partial charge in [-0.2, -0.15) is 0 Å². The van der Waals surface area contributed by atoms with Gasteiger partial charge in [-0.05, 0) is 34.9 Å². The zero-order valence-electron chi connectivity index (χ0n) is 10.2. The zero-order chi connectivity index (χ0) is 11.6. The van der Waals surface area contributed by atoms with Crippen LogP contribution in [-0.2, 0) is 0 Å². The van der Waals surface area contributed by atoms with Gasteiger partial charge in [0.05, 0.1) is 5.54 Å². The van der Waals surface area contributed by atoms with Crippen molar-refractivity contribution >= 4 is 5.78 Å². The summed E-state index contributed by atoms with van der Waals surface area (Å²) in [5.74, 6) is 0.160. The molecule has 0 N–H and O–H groups in total. The molecule has 0 unspecified atom stereocenters. The number of Topliss-reactive ketones (excluding diaryl/α,β-unsaturated/α-hetero) is 1. The number of ketones is 1. The summed E-state index contributed by atoms with van der Waals surface area (Å²) in [6, 6.07) is 7.73. The third-order valence-corrected chi connectivity index (χ3v) is 2.99. The number of hydrogen-bond acceptors (Lipinski definition) is 2. The van der Waals surface area contributed by atoms with Gasteiger partial charge in [0.1, 0.15) is 0 Å². The third kappa shape index (κ3) is 2.45. The molecule has 0 aromatic heterocycles. The molecule has 1 aromatic rings. The van der Waals surface area contributed by atoms with Crippen molar-refractivity contribution in [2.24, 2.45) is 0 Å².